The Morgan fingerprint density at radius 1 is 1.21 bits per heavy atom. The Morgan fingerprint density at radius 2 is 2.08 bits per heavy atom. The molecule has 0 fully saturated rings. The minimum Gasteiger partial charge on any atom is -0.496 e. The van der Waals surface area contributed by atoms with Gasteiger partial charge in [0.1, 0.15) is 12.1 Å². The first-order valence-electron chi connectivity index (χ1n) is 8.00. The topological polar surface area (TPSA) is 62.8 Å². The molecule has 0 saturated carbocycles. The summed E-state index contributed by atoms with van der Waals surface area (Å²) in [5.41, 5.74) is 4.65. The molecule has 5 heteroatoms. The molecule has 3 rings (SSSR count). The van der Waals surface area contributed by atoms with Crippen LogP contribution in [-0.2, 0) is 6.54 Å². The summed E-state index contributed by atoms with van der Waals surface area (Å²) in [5.74, 6) is 1.71. The highest BCUT2D eigenvalue weighted by molar-refractivity contribution is 5.55. The van der Waals surface area contributed by atoms with Crippen LogP contribution in [0.3, 0.4) is 0 Å². The molecule has 2 N–H and O–H groups in total. The van der Waals surface area contributed by atoms with Crippen LogP contribution in [-0.4, -0.2) is 22.3 Å². The molecule has 24 heavy (non-hydrogen) atoms. The quantitative estimate of drug-likeness (QED) is 0.727. The minimum atomic E-state index is 0.253. The summed E-state index contributed by atoms with van der Waals surface area (Å²) < 4.78 is 5.32. The van der Waals surface area contributed by atoms with Gasteiger partial charge in [0.05, 0.1) is 7.11 Å². The summed E-state index contributed by atoms with van der Waals surface area (Å²) in [7, 11) is 1.70. The fraction of sp³-hybridized carbons (Fsp3) is 0.263. The van der Waals surface area contributed by atoms with Crippen LogP contribution < -0.4 is 10.1 Å². The Balaban J connectivity index is 1.67. The van der Waals surface area contributed by atoms with Crippen LogP contribution in [0.15, 0.2) is 48.8 Å². The highest BCUT2D eigenvalue weighted by Gasteiger charge is 2.08. The van der Waals surface area contributed by atoms with E-state index in [-0.39, 0.29) is 6.04 Å². The van der Waals surface area contributed by atoms with Crippen LogP contribution in [0.4, 0.5) is 0 Å². The fourth-order valence-corrected chi connectivity index (χ4v) is 2.73. The van der Waals surface area contributed by atoms with Crippen molar-refractivity contribution >= 4 is 0 Å². The van der Waals surface area contributed by atoms with Crippen molar-refractivity contribution in [2.45, 2.75) is 26.4 Å². The molecule has 0 radical (unpaired) electrons. The third-order valence-corrected chi connectivity index (χ3v) is 4.15. The van der Waals surface area contributed by atoms with Crippen molar-refractivity contribution in [3.8, 4) is 17.1 Å². The van der Waals surface area contributed by atoms with Crippen molar-refractivity contribution in [2.75, 3.05) is 7.11 Å². The average Bonchev–Trinajstić information content (AvgIpc) is 3.14. The number of nitrogens with zero attached hydrogens (tertiary/aromatic N) is 2. The van der Waals surface area contributed by atoms with Gasteiger partial charge < -0.3 is 10.1 Å². The van der Waals surface area contributed by atoms with Crippen LogP contribution in [0.2, 0.25) is 0 Å². The van der Waals surface area contributed by atoms with E-state index in [4.69, 9.17) is 4.74 Å². The number of H-pyrrole nitrogens is 1. The van der Waals surface area contributed by atoms with Crippen LogP contribution in [0.25, 0.3) is 11.4 Å². The van der Waals surface area contributed by atoms with Gasteiger partial charge >= 0.3 is 0 Å². The van der Waals surface area contributed by atoms with Gasteiger partial charge in [-0.05, 0) is 42.7 Å². The normalized spacial score (nSPS) is 12.1. The number of methoxy groups -OCH3 is 1. The number of aromatic nitrogens is 3. The Bertz CT molecular complexity index is 799. The highest BCUT2D eigenvalue weighted by Crippen LogP contribution is 2.23. The first kappa shape index (κ1) is 16.2. The van der Waals surface area contributed by atoms with Gasteiger partial charge in [0.2, 0.25) is 0 Å². The van der Waals surface area contributed by atoms with E-state index in [0.717, 1.165) is 29.2 Å². The minimum absolute atomic E-state index is 0.253. The van der Waals surface area contributed by atoms with Crippen LogP contribution in [0.1, 0.15) is 29.7 Å². The lowest BCUT2D eigenvalue weighted by Gasteiger charge is -2.16. The van der Waals surface area contributed by atoms with Gasteiger partial charge in [0, 0.05) is 18.2 Å². The Labute approximate surface area is 142 Å². The van der Waals surface area contributed by atoms with Crippen LogP contribution >= 0.6 is 0 Å². The molecule has 124 valence electrons. The maximum absolute atomic E-state index is 5.32. The van der Waals surface area contributed by atoms with Gasteiger partial charge in [-0.1, -0.05) is 30.3 Å². The van der Waals surface area contributed by atoms with E-state index < -0.39 is 0 Å². The molecule has 0 bridgehead atoms. The van der Waals surface area contributed by atoms with E-state index in [9.17, 15) is 0 Å². The van der Waals surface area contributed by atoms with Crippen molar-refractivity contribution in [1.29, 1.82) is 0 Å². The lowest BCUT2D eigenvalue weighted by atomic mass is 10.0. The molecule has 0 spiro atoms. The third kappa shape index (κ3) is 3.63. The molecule has 1 aromatic heterocycles. The maximum atomic E-state index is 5.32. The van der Waals surface area contributed by atoms with Crippen molar-refractivity contribution in [3.05, 3.63) is 65.5 Å². The second-order valence-corrected chi connectivity index (χ2v) is 5.87. The zero-order chi connectivity index (χ0) is 16.9. The van der Waals surface area contributed by atoms with Crippen molar-refractivity contribution in [1.82, 2.24) is 20.5 Å². The molecule has 1 heterocycles. The molecule has 0 aliphatic rings. The second kappa shape index (κ2) is 7.27. The monoisotopic (exact) mass is 322 g/mol. The van der Waals surface area contributed by atoms with E-state index in [1.807, 2.05) is 18.2 Å². The van der Waals surface area contributed by atoms with E-state index in [1.54, 1.807) is 7.11 Å². The average molecular weight is 322 g/mol. The van der Waals surface area contributed by atoms with E-state index in [2.05, 4.69) is 58.6 Å². The lowest BCUT2D eigenvalue weighted by Crippen LogP contribution is -2.18. The summed E-state index contributed by atoms with van der Waals surface area (Å²) in [5, 5.41) is 10.4. The third-order valence-electron chi connectivity index (χ3n) is 4.15. The smallest absolute Gasteiger partial charge is 0.155 e. The standard InChI is InChI=1S/C19H22N4O/c1-13-9-16(7-8-18(13)24-3)14(2)20-11-15-5-4-6-17(10-15)19-21-12-22-23-19/h4-10,12,14,20H,11H2,1-3H3,(H,21,22,23)/t14-/m1/s1. The largest absolute Gasteiger partial charge is 0.496 e. The Kier molecular flexibility index (Phi) is 4.91. The first-order chi connectivity index (χ1) is 11.7. The number of hydrogen-bond acceptors (Lipinski definition) is 4. The molecule has 3 aromatic rings. The Hall–Kier alpha value is -2.66. The summed E-state index contributed by atoms with van der Waals surface area (Å²) in [6.07, 6.45) is 1.52. The lowest BCUT2D eigenvalue weighted by molar-refractivity contribution is 0.411. The van der Waals surface area contributed by atoms with E-state index in [0.29, 0.717) is 0 Å². The van der Waals surface area contributed by atoms with E-state index >= 15 is 0 Å². The van der Waals surface area contributed by atoms with Gasteiger partial charge in [0.25, 0.3) is 0 Å². The number of rotatable bonds is 6. The zero-order valence-corrected chi connectivity index (χ0v) is 14.2. The molecular weight excluding hydrogens is 300 g/mol. The number of nitrogens with one attached hydrogen (secondary N) is 2. The molecular formula is C19H22N4O. The summed E-state index contributed by atoms with van der Waals surface area (Å²) in [4.78, 5) is 4.20. The van der Waals surface area contributed by atoms with Gasteiger partial charge in [-0.15, -0.1) is 0 Å². The van der Waals surface area contributed by atoms with Gasteiger partial charge in [-0.3, -0.25) is 5.10 Å². The molecule has 0 saturated heterocycles. The van der Waals surface area contributed by atoms with Crippen LogP contribution in [0.5, 0.6) is 5.75 Å². The number of aryl methyl sites for hydroxylation is 1. The molecule has 0 aliphatic heterocycles. The van der Waals surface area contributed by atoms with Crippen molar-refractivity contribution < 1.29 is 4.74 Å². The number of ether oxygens (including phenoxy) is 1. The maximum Gasteiger partial charge on any atom is 0.155 e. The SMILES string of the molecule is COc1ccc([C@@H](C)NCc2cccc(-c3ncn[nH]3)c2)cc1C. The molecule has 0 amide bonds. The van der Waals surface area contributed by atoms with Gasteiger partial charge in [-0.2, -0.15) is 5.10 Å². The summed E-state index contributed by atoms with van der Waals surface area (Å²) in [6, 6.07) is 14.8. The zero-order valence-electron chi connectivity index (χ0n) is 14.2. The number of aromatic amines is 1. The molecule has 0 unspecified atom stereocenters. The number of benzene rings is 2. The van der Waals surface area contributed by atoms with Crippen molar-refractivity contribution in [3.63, 3.8) is 0 Å². The van der Waals surface area contributed by atoms with Crippen molar-refractivity contribution in [2.24, 2.45) is 0 Å². The van der Waals surface area contributed by atoms with Crippen LogP contribution in [0, 0.1) is 6.92 Å². The predicted molar refractivity (Wildman–Crippen MR) is 94.8 cm³/mol. The molecule has 2 aromatic carbocycles. The Morgan fingerprint density at radius 3 is 2.79 bits per heavy atom. The molecule has 0 aliphatic carbocycles. The first-order valence-corrected chi connectivity index (χ1v) is 8.00. The highest BCUT2D eigenvalue weighted by atomic mass is 16.5. The summed E-state index contributed by atoms with van der Waals surface area (Å²) in [6.45, 7) is 5.02. The fourth-order valence-electron chi connectivity index (χ4n) is 2.73. The molecule has 5 nitrogen and oxygen atoms in total. The van der Waals surface area contributed by atoms with Gasteiger partial charge in [-0.25, -0.2) is 4.98 Å². The molecule has 1 atom stereocenters. The summed E-state index contributed by atoms with van der Waals surface area (Å²) >= 11 is 0. The van der Waals surface area contributed by atoms with Gasteiger partial charge in [0.15, 0.2) is 5.82 Å². The predicted octanol–water partition coefficient (Wildman–Crippen LogP) is 3.64. The van der Waals surface area contributed by atoms with E-state index in [1.165, 1.54) is 17.5 Å². The number of hydrogen-bond donors (Lipinski definition) is 2. The second-order valence-electron chi connectivity index (χ2n) is 5.87.